The Morgan fingerprint density at radius 1 is 1.23 bits per heavy atom. The monoisotopic (exact) mass is 591 g/mol. The number of hydrogen-bond donors (Lipinski definition) is 2. The highest BCUT2D eigenvalue weighted by molar-refractivity contribution is 8.02. The number of carbonyl (C=O) groups excluding carboxylic acids is 2. The number of piperidine rings is 1. The van der Waals surface area contributed by atoms with Crippen LogP contribution in [0.5, 0.6) is 0 Å². The minimum Gasteiger partial charge on any atom is -0.387 e. The molecule has 2 amide bonds. The van der Waals surface area contributed by atoms with Gasteiger partial charge in [-0.2, -0.15) is 4.31 Å². The highest BCUT2D eigenvalue weighted by atomic mass is 35.5. The number of methoxy groups -OCH3 is 1. The van der Waals surface area contributed by atoms with Crippen molar-refractivity contribution in [3.05, 3.63) is 57.7 Å². The Balaban J connectivity index is 1.29. The number of carbonyl (C=O) groups is 2. The first-order chi connectivity index (χ1) is 18.7. The lowest BCUT2D eigenvalue weighted by Crippen LogP contribution is -2.44. The van der Waals surface area contributed by atoms with Gasteiger partial charge in [0, 0.05) is 67.5 Å². The largest absolute Gasteiger partial charge is 0.387 e. The maximum Gasteiger partial charge on any atom is 0.261 e. The van der Waals surface area contributed by atoms with Gasteiger partial charge in [0.25, 0.3) is 15.9 Å². The molecule has 0 aromatic heterocycles. The molecule has 0 unspecified atom stereocenters. The molecule has 3 aliphatic rings. The van der Waals surface area contributed by atoms with Crippen molar-refractivity contribution in [1.82, 2.24) is 9.21 Å². The topological polar surface area (TPSA) is 125 Å². The van der Waals surface area contributed by atoms with Crippen molar-refractivity contribution < 1.29 is 22.7 Å². The van der Waals surface area contributed by atoms with Crippen LogP contribution in [0.15, 0.2) is 52.1 Å². The Hall–Kier alpha value is -2.77. The molecule has 5 rings (SSSR count). The SMILES string of the molecule is COCCCN1C(=O)c2cccc3c(NC(=O)C4CCN(S(=O)(=O)/C(=C(/N)Cl)N5C=CSC5)CC4)ccc1c23. The minimum absolute atomic E-state index is 0.0576. The van der Waals surface area contributed by atoms with Crippen LogP contribution in [0.25, 0.3) is 10.8 Å². The molecule has 0 radical (unpaired) electrons. The fourth-order valence-electron chi connectivity index (χ4n) is 5.28. The summed E-state index contributed by atoms with van der Waals surface area (Å²) in [5.74, 6) is -0.195. The van der Waals surface area contributed by atoms with E-state index in [0.29, 0.717) is 49.5 Å². The smallest absolute Gasteiger partial charge is 0.261 e. The fraction of sp³-hybridized carbons (Fsp3) is 0.385. The number of nitrogens with zero attached hydrogens (tertiary/aromatic N) is 3. The number of nitrogens with two attached hydrogens (primary N) is 1. The first-order valence-corrected chi connectivity index (χ1v) is 15.5. The molecule has 2 aromatic carbocycles. The Morgan fingerprint density at radius 2 is 2.00 bits per heavy atom. The Labute approximate surface area is 236 Å². The molecule has 0 bridgehead atoms. The maximum atomic E-state index is 13.3. The first-order valence-electron chi connectivity index (χ1n) is 12.6. The second-order valence-electron chi connectivity index (χ2n) is 9.53. The molecule has 208 valence electrons. The number of anilines is 2. The third-order valence-corrected chi connectivity index (χ3v) is 10.2. The Morgan fingerprint density at radius 3 is 2.67 bits per heavy atom. The van der Waals surface area contributed by atoms with Crippen LogP contribution in [0, 0.1) is 5.92 Å². The normalized spacial score (nSPS) is 18.8. The van der Waals surface area contributed by atoms with E-state index in [1.807, 2.05) is 24.3 Å². The number of hydrogen-bond acceptors (Lipinski definition) is 8. The average molecular weight is 592 g/mol. The minimum atomic E-state index is -3.92. The van der Waals surface area contributed by atoms with Gasteiger partial charge in [0.2, 0.25) is 5.91 Å². The summed E-state index contributed by atoms with van der Waals surface area (Å²) in [6, 6.07) is 9.21. The summed E-state index contributed by atoms with van der Waals surface area (Å²) in [7, 11) is -2.29. The second kappa shape index (κ2) is 11.4. The molecule has 0 aliphatic carbocycles. The van der Waals surface area contributed by atoms with E-state index in [1.54, 1.807) is 29.7 Å². The van der Waals surface area contributed by atoms with Gasteiger partial charge in [0.15, 0.2) is 5.03 Å². The summed E-state index contributed by atoms with van der Waals surface area (Å²) in [5.41, 5.74) is 7.82. The summed E-state index contributed by atoms with van der Waals surface area (Å²) in [6.45, 7) is 1.45. The van der Waals surface area contributed by atoms with Crippen LogP contribution in [0.2, 0.25) is 0 Å². The number of nitrogens with one attached hydrogen (secondary N) is 1. The molecule has 0 saturated carbocycles. The van der Waals surface area contributed by atoms with Gasteiger partial charge < -0.3 is 25.6 Å². The molecule has 1 fully saturated rings. The van der Waals surface area contributed by atoms with Crippen LogP contribution in [0.3, 0.4) is 0 Å². The molecule has 3 N–H and O–H groups in total. The van der Waals surface area contributed by atoms with Crippen LogP contribution < -0.4 is 16.0 Å². The summed E-state index contributed by atoms with van der Waals surface area (Å²) < 4.78 is 33.1. The van der Waals surface area contributed by atoms with E-state index in [-0.39, 0.29) is 41.0 Å². The van der Waals surface area contributed by atoms with E-state index in [0.717, 1.165) is 16.5 Å². The number of halogens is 1. The first kappa shape index (κ1) is 27.8. The van der Waals surface area contributed by atoms with Crippen LogP contribution >= 0.6 is 23.4 Å². The fourth-order valence-corrected chi connectivity index (χ4v) is 8.06. The van der Waals surface area contributed by atoms with Crippen molar-refractivity contribution in [2.75, 3.05) is 49.4 Å². The molecular formula is C26H30ClN5O5S2. The van der Waals surface area contributed by atoms with Crippen LogP contribution in [-0.2, 0) is 19.6 Å². The second-order valence-corrected chi connectivity index (χ2v) is 12.7. The van der Waals surface area contributed by atoms with E-state index >= 15 is 0 Å². The van der Waals surface area contributed by atoms with E-state index in [4.69, 9.17) is 22.1 Å². The molecule has 3 aliphatic heterocycles. The predicted molar refractivity (Wildman–Crippen MR) is 154 cm³/mol. The standard InChI is InChI=1S/C26H30ClN5O5S2/c1-37-14-3-10-32-21-7-6-20(18-4-2-5-19(22(18)21)25(32)34)29-24(33)17-8-11-31(12-9-17)39(35,36)26(23(27)28)30-13-15-38-16-30/h2,4-7,13,15,17H,3,8-12,14,16,28H2,1H3,(H,29,33)/b26-23+. The number of benzene rings is 2. The van der Waals surface area contributed by atoms with Crippen LogP contribution in [-0.4, -0.2) is 68.7 Å². The quantitative estimate of drug-likeness (QED) is 0.335. The molecule has 3 heterocycles. The number of sulfonamides is 1. The maximum absolute atomic E-state index is 13.3. The molecule has 2 aromatic rings. The zero-order chi connectivity index (χ0) is 27.7. The lowest BCUT2D eigenvalue weighted by atomic mass is 9.96. The zero-order valence-electron chi connectivity index (χ0n) is 21.4. The van der Waals surface area contributed by atoms with Gasteiger partial charge in [0.1, 0.15) is 5.16 Å². The number of rotatable bonds is 9. The molecule has 39 heavy (non-hydrogen) atoms. The van der Waals surface area contributed by atoms with Crippen LogP contribution in [0.1, 0.15) is 29.6 Å². The Kier molecular flexibility index (Phi) is 8.11. The molecular weight excluding hydrogens is 562 g/mol. The predicted octanol–water partition coefficient (Wildman–Crippen LogP) is 3.62. The summed E-state index contributed by atoms with van der Waals surface area (Å²) in [6.07, 6.45) is 3.07. The van der Waals surface area contributed by atoms with Gasteiger partial charge in [-0.25, -0.2) is 8.42 Å². The van der Waals surface area contributed by atoms with Crippen molar-refractivity contribution in [3.63, 3.8) is 0 Å². The number of thioether (sulfide) groups is 1. The van der Waals surface area contributed by atoms with Gasteiger partial charge in [0.05, 0.1) is 11.6 Å². The molecule has 10 nitrogen and oxygen atoms in total. The average Bonchev–Trinajstić information content (AvgIpc) is 3.53. The van der Waals surface area contributed by atoms with Gasteiger partial charge in [-0.1, -0.05) is 23.7 Å². The van der Waals surface area contributed by atoms with Crippen LogP contribution in [0.4, 0.5) is 11.4 Å². The molecule has 13 heteroatoms. The van der Waals surface area contributed by atoms with Gasteiger partial charge in [-0.05, 0) is 42.9 Å². The zero-order valence-corrected chi connectivity index (χ0v) is 23.8. The molecule has 0 spiro atoms. The highest BCUT2D eigenvalue weighted by Crippen LogP contribution is 2.41. The molecule has 1 saturated heterocycles. The van der Waals surface area contributed by atoms with E-state index in [2.05, 4.69) is 5.32 Å². The highest BCUT2D eigenvalue weighted by Gasteiger charge is 2.37. The summed E-state index contributed by atoms with van der Waals surface area (Å²) in [5, 5.41) is 6.01. The third kappa shape index (κ3) is 5.23. The van der Waals surface area contributed by atoms with Gasteiger partial charge in [-0.3, -0.25) is 9.59 Å². The lowest BCUT2D eigenvalue weighted by molar-refractivity contribution is -0.120. The van der Waals surface area contributed by atoms with E-state index in [9.17, 15) is 18.0 Å². The van der Waals surface area contributed by atoms with Crippen molar-refractivity contribution in [2.45, 2.75) is 19.3 Å². The number of amides is 2. The van der Waals surface area contributed by atoms with Crippen molar-refractivity contribution in [1.29, 1.82) is 0 Å². The summed E-state index contributed by atoms with van der Waals surface area (Å²) >= 11 is 7.44. The van der Waals surface area contributed by atoms with Crippen molar-refractivity contribution in [3.8, 4) is 0 Å². The Bertz CT molecular complexity index is 1470. The van der Waals surface area contributed by atoms with Gasteiger partial charge in [-0.15, -0.1) is 11.8 Å². The van der Waals surface area contributed by atoms with Gasteiger partial charge >= 0.3 is 0 Å². The number of ether oxygens (including phenoxy) is 1. The van der Waals surface area contributed by atoms with E-state index in [1.165, 1.54) is 21.0 Å². The third-order valence-electron chi connectivity index (χ3n) is 7.20. The van der Waals surface area contributed by atoms with E-state index < -0.39 is 10.0 Å². The lowest BCUT2D eigenvalue weighted by Gasteiger charge is -2.32. The molecule has 0 atom stereocenters. The summed E-state index contributed by atoms with van der Waals surface area (Å²) in [4.78, 5) is 29.6. The van der Waals surface area contributed by atoms with Crippen molar-refractivity contribution in [2.24, 2.45) is 11.7 Å². The van der Waals surface area contributed by atoms with Crippen molar-refractivity contribution >= 4 is 67.3 Å².